The Morgan fingerprint density at radius 3 is 2.40 bits per heavy atom. The topological polar surface area (TPSA) is 29.3 Å². The van der Waals surface area contributed by atoms with Crippen LogP contribution in [0.5, 0.6) is 0 Å². The molecule has 2 nitrogen and oxygen atoms in total. The Bertz CT molecular complexity index is 551. The third kappa shape index (κ3) is 3.62. The van der Waals surface area contributed by atoms with Crippen molar-refractivity contribution in [2.24, 2.45) is 5.73 Å². The molecule has 0 bridgehead atoms. The first kappa shape index (κ1) is 15.1. The smallest absolute Gasteiger partial charge is 0.0426 e. The molecule has 0 amide bonds. The van der Waals surface area contributed by atoms with Crippen molar-refractivity contribution in [1.82, 2.24) is 0 Å². The lowest BCUT2D eigenvalue weighted by molar-refractivity contribution is 0.694. The van der Waals surface area contributed by atoms with Crippen LogP contribution in [0.2, 0.25) is 0 Å². The second-order valence-electron chi connectivity index (χ2n) is 5.06. The minimum atomic E-state index is 0.0959. The van der Waals surface area contributed by atoms with Gasteiger partial charge in [-0.05, 0) is 35.7 Å². The van der Waals surface area contributed by atoms with E-state index in [1.54, 1.807) is 0 Å². The third-order valence-corrected chi connectivity index (χ3v) is 4.05. The summed E-state index contributed by atoms with van der Waals surface area (Å²) in [6.07, 6.45) is 0.948. The molecule has 0 unspecified atom stereocenters. The fourth-order valence-electron chi connectivity index (χ4n) is 2.32. The van der Waals surface area contributed by atoms with Crippen molar-refractivity contribution in [2.75, 3.05) is 11.9 Å². The quantitative estimate of drug-likeness (QED) is 0.873. The standard InChI is InChI=1S/C17H21BrN2/c1-3-16(19)15-6-4-5-7-17(15)20(2)12-13-8-10-14(18)11-9-13/h4-11,16H,3,12,19H2,1-2H3/t16-/m0/s1. The molecule has 2 N–H and O–H groups in total. The third-order valence-electron chi connectivity index (χ3n) is 3.52. The normalized spacial score (nSPS) is 12.2. The molecule has 2 aromatic carbocycles. The highest BCUT2D eigenvalue weighted by Crippen LogP contribution is 2.27. The molecule has 0 saturated carbocycles. The van der Waals surface area contributed by atoms with Gasteiger partial charge >= 0.3 is 0 Å². The molecule has 0 radical (unpaired) electrons. The van der Waals surface area contributed by atoms with Gasteiger partial charge in [-0.25, -0.2) is 0 Å². The summed E-state index contributed by atoms with van der Waals surface area (Å²) in [4.78, 5) is 2.26. The largest absolute Gasteiger partial charge is 0.370 e. The number of benzene rings is 2. The van der Waals surface area contributed by atoms with Gasteiger partial charge < -0.3 is 10.6 Å². The minimum Gasteiger partial charge on any atom is -0.370 e. The molecule has 2 rings (SSSR count). The van der Waals surface area contributed by atoms with Crippen LogP contribution in [0.4, 0.5) is 5.69 Å². The van der Waals surface area contributed by atoms with Crippen LogP contribution in [-0.2, 0) is 6.54 Å². The molecule has 2 aromatic rings. The number of para-hydroxylation sites is 1. The maximum Gasteiger partial charge on any atom is 0.0426 e. The molecular weight excluding hydrogens is 312 g/mol. The fourth-order valence-corrected chi connectivity index (χ4v) is 2.58. The second-order valence-corrected chi connectivity index (χ2v) is 5.97. The first-order valence-electron chi connectivity index (χ1n) is 6.92. The Morgan fingerprint density at radius 1 is 1.10 bits per heavy atom. The fraction of sp³-hybridized carbons (Fsp3) is 0.294. The molecule has 1 atom stereocenters. The molecule has 3 heteroatoms. The average Bonchev–Trinajstić information content (AvgIpc) is 2.48. The lowest BCUT2D eigenvalue weighted by atomic mass is 10.0. The van der Waals surface area contributed by atoms with E-state index in [9.17, 15) is 0 Å². The van der Waals surface area contributed by atoms with Crippen LogP contribution in [0.15, 0.2) is 53.0 Å². The van der Waals surface area contributed by atoms with E-state index in [2.05, 4.69) is 83.3 Å². The van der Waals surface area contributed by atoms with E-state index in [4.69, 9.17) is 5.73 Å². The molecule has 0 fully saturated rings. The molecule has 0 spiro atoms. The molecule has 20 heavy (non-hydrogen) atoms. The predicted molar refractivity (Wildman–Crippen MR) is 89.9 cm³/mol. The van der Waals surface area contributed by atoms with Gasteiger partial charge in [0.15, 0.2) is 0 Å². The van der Waals surface area contributed by atoms with Gasteiger partial charge in [0.2, 0.25) is 0 Å². The Labute approximate surface area is 129 Å². The predicted octanol–water partition coefficient (Wildman–Crippen LogP) is 4.50. The Balaban J connectivity index is 2.20. The summed E-state index contributed by atoms with van der Waals surface area (Å²) in [5.41, 5.74) is 9.93. The van der Waals surface area contributed by atoms with Gasteiger partial charge in [-0.15, -0.1) is 0 Å². The van der Waals surface area contributed by atoms with Gasteiger partial charge in [-0.1, -0.05) is 53.2 Å². The first-order valence-corrected chi connectivity index (χ1v) is 7.71. The van der Waals surface area contributed by atoms with Crippen LogP contribution in [0, 0.1) is 0 Å². The van der Waals surface area contributed by atoms with E-state index in [0.717, 1.165) is 17.4 Å². The van der Waals surface area contributed by atoms with Crippen LogP contribution in [0.25, 0.3) is 0 Å². The number of hydrogen-bond donors (Lipinski definition) is 1. The molecule has 0 saturated heterocycles. The van der Waals surface area contributed by atoms with E-state index in [1.807, 2.05) is 0 Å². The van der Waals surface area contributed by atoms with E-state index in [1.165, 1.54) is 16.8 Å². The lowest BCUT2D eigenvalue weighted by Crippen LogP contribution is -2.20. The van der Waals surface area contributed by atoms with Gasteiger partial charge in [-0.3, -0.25) is 0 Å². The van der Waals surface area contributed by atoms with Crippen molar-refractivity contribution in [2.45, 2.75) is 25.9 Å². The Morgan fingerprint density at radius 2 is 1.75 bits per heavy atom. The van der Waals surface area contributed by atoms with E-state index >= 15 is 0 Å². The van der Waals surface area contributed by atoms with E-state index < -0.39 is 0 Å². The molecule has 0 aliphatic carbocycles. The van der Waals surface area contributed by atoms with Crippen LogP contribution in [0.1, 0.15) is 30.5 Å². The van der Waals surface area contributed by atoms with Crippen molar-refractivity contribution in [1.29, 1.82) is 0 Å². The zero-order valence-electron chi connectivity index (χ0n) is 12.0. The highest BCUT2D eigenvalue weighted by atomic mass is 79.9. The average molecular weight is 333 g/mol. The number of halogens is 1. The maximum atomic E-state index is 6.21. The van der Waals surface area contributed by atoms with Crippen LogP contribution in [-0.4, -0.2) is 7.05 Å². The number of rotatable bonds is 5. The van der Waals surface area contributed by atoms with Gasteiger partial charge in [0, 0.05) is 29.8 Å². The number of nitrogens with zero attached hydrogens (tertiary/aromatic N) is 1. The molecule has 106 valence electrons. The monoisotopic (exact) mass is 332 g/mol. The molecule has 0 aliphatic rings. The summed E-state index contributed by atoms with van der Waals surface area (Å²) < 4.78 is 1.11. The molecule has 0 aromatic heterocycles. The van der Waals surface area contributed by atoms with Gasteiger partial charge in [0.25, 0.3) is 0 Å². The van der Waals surface area contributed by atoms with E-state index in [-0.39, 0.29) is 6.04 Å². The van der Waals surface area contributed by atoms with E-state index in [0.29, 0.717) is 0 Å². The van der Waals surface area contributed by atoms with Gasteiger partial charge in [0.05, 0.1) is 0 Å². The second kappa shape index (κ2) is 6.91. The van der Waals surface area contributed by atoms with Crippen molar-refractivity contribution < 1.29 is 0 Å². The summed E-state index contributed by atoms with van der Waals surface area (Å²) >= 11 is 3.47. The highest BCUT2D eigenvalue weighted by Gasteiger charge is 2.12. The summed E-state index contributed by atoms with van der Waals surface area (Å²) in [7, 11) is 2.11. The van der Waals surface area contributed by atoms with Crippen LogP contribution >= 0.6 is 15.9 Å². The Kier molecular flexibility index (Phi) is 5.21. The summed E-state index contributed by atoms with van der Waals surface area (Å²) in [5, 5.41) is 0. The van der Waals surface area contributed by atoms with Crippen molar-refractivity contribution in [3.05, 3.63) is 64.1 Å². The lowest BCUT2D eigenvalue weighted by Gasteiger charge is -2.25. The Hall–Kier alpha value is -1.32. The molecule has 0 aliphatic heterocycles. The van der Waals surface area contributed by atoms with Crippen molar-refractivity contribution in [3.63, 3.8) is 0 Å². The van der Waals surface area contributed by atoms with Crippen LogP contribution in [0.3, 0.4) is 0 Å². The van der Waals surface area contributed by atoms with Crippen LogP contribution < -0.4 is 10.6 Å². The first-order chi connectivity index (χ1) is 9.61. The van der Waals surface area contributed by atoms with Gasteiger partial charge in [0.1, 0.15) is 0 Å². The number of anilines is 1. The number of nitrogens with two attached hydrogens (primary N) is 1. The number of hydrogen-bond acceptors (Lipinski definition) is 2. The maximum absolute atomic E-state index is 6.21. The van der Waals surface area contributed by atoms with Gasteiger partial charge in [-0.2, -0.15) is 0 Å². The zero-order valence-corrected chi connectivity index (χ0v) is 13.6. The SMILES string of the molecule is CC[C@H](N)c1ccccc1N(C)Cc1ccc(Br)cc1. The minimum absolute atomic E-state index is 0.0959. The molecular formula is C17H21BrN2. The summed E-state index contributed by atoms with van der Waals surface area (Å²) in [5.74, 6) is 0. The summed E-state index contributed by atoms with van der Waals surface area (Å²) in [6, 6.07) is 16.9. The summed E-state index contributed by atoms with van der Waals surface area (Å²) in [6.45, 7) is 3.00. The zero-order chi connectivity index (χ0) is 14.5. The van der Waals surface area contributed by atoms with Crippen molar-refractivity contribution >= 4 is 21.6 Å². The van der Waals surface area contributed by atoms with Crippen molar-refractivity contribution in [3.8, 4) is 0 Å². The highest BCUT2D eigenvalue weighted by molar-refractivity contribution is 9.10. The molecule has 0 heterocycles.